The van der Waals surface area contributed by atoms with Crippen molar-refractivity contribution in [2.45, 2.75) is 32.2 Å². The van der Waals surface area contributed by atoms with E-state index in [0.29, 0.717) is 11.6 Å². The number of hydrogen-bond donors (Lipinski definition) is 0. The highest BCUT2D eigenvalue weighted by atomic mass is 16.5. The zero-order valence-corrected chi connectivity index (χ0v) is 17.8. The molecule has 1 aliphatic heterocycles. The topological polar surface area (TPSA) is 61.6 Å². The van der Waals surface area contributed by atoms with Crippen molar-refractivity contribution in [3.63, 3.8) is 0 Å². The predicted octanol–water partition coefficient (Wildman–Crippen LogP) is 3.42. The standard InChI is InChI=1S/C23H30N4O2/c1-17-7-9-19(15-24)23(25-17)27-12-5-6-20(16-27)26(2)13-11-18-8-10-21(28-3)22(14-18)29-4/h7-10,14,20H,5-6,11-13,16H2,1-4H3. The Morgan fingerprint density at radius 3 is 2.72 bits per heavy atom. The van der Waals surface area contributed by atoms with Gasteiger partial charge in [-0.25, -0.2) is 4.98 Å². The maximum absolute atomic E-state index is 9.46. The second-order valence-corrected chi connectivity index (χ2v) is 7.60. The average molecular weight is 395 g/mol. The lowest BCUT2D eigenvalue weighted by Crippen LogP contribution is -2.47. The number of nitrogens with zero attached hydrogens (tertiary/aromatic N) is 4. The normalized spacial score (nSPS) is 16.6. The van der Waals surface area contributed by atoms with E-state index in [4.69, 9.17) is 9.47 Å². The molecule has 0 radical (unpaired) electrons. The van der Waals surface area contributed by atoms with Crippen molar-refractivity contribution >= 4 is 5.82 Å². The fourth-order valence-electron chi connectivity index (χ4n) is 3.90. The molecule has 0 aliphatic carbocycles. The lowest BCUT2D eigenvalue weighted by molar-refractivity contribution is 0.217. The van der Waals surface area contributed by atoms with Crippen molar-refractivity contribution in [1.29, 1.82) is 5.26 Å². The molecule has 1 saturated heterocycles. The smallest absolute Gasteiger partial charge is 0.160 e. The number of ether oxygens (including phenoxy) is 2. The van der Waals surface area contributed by atoms with Crippen molar-refractivity contribution in [1.82, 2.24) is 9.88 Å². The number of methoxy groups -OCH3 is 2. The van der Waals surface area contributed by atoms with E-state index in [2.05, 4.69) is 40.0 Å². The molecule has 0 saturated carbocycles. The molecule has 1 aromatic heterocycles. The summed E-state index contributed by atoms with van der Waals surface area (Å²) in [6.45, 7) is 4.78. The van der Waals surface area contributed by atoms with Crippen molar-refractivity contribution in [2.75, 3.05) is 45.8 Å². The Morgan fingerprint density at radius 1 is 1.21 bits per heavy atom. The van der Waals surface area contributed by atoms with Gasteiger partial charge in [-0.2, -0.15) is 5.26 Å². The maximum Gasteiger partial charge on any atom is 0.160 e. The van der Waals surface area contributed by atoms with Gasteiger partial charge >= 0.3 is 0 Å². The molecule has 1 aliphatic rings. The number of anilines is 1. The first-order valence-corrected chi connectivity index (χ1v) is 10.1. The summed E-state index contributed by atoms with van der Waals surface area (Å²) in [5.74, 6) is 2.35. The van der Waals surface area contributed by atoms with Crippen LogP contribution in [-0.2, 0) is 6.42 Å². The number of likely N-dealkylation sites (N-methyl/N-ethyl adjacent to an activating group) is 1. The van der Waals surface area contributed by atoms with Crippen LogP contribution in [0.25, 0.3) is 0 Å². The van der Waals surface area contributed by atoms with E-state index < -0.39 is 0 Å². The Balaban J connectivity index is 1.64. The summed E-state index contributed by atoms with van der Waals surface area (Å²) < 4.78 is 10.7. The SMILES string of the molecule is COc1ccc(CCN(C)C2CCCN(c3nc(C)ccc3C#N)C2)cc1OC. The molecule has 0 N–H and O–H groups in total. The number of aromatic nitrogens is 1. The van der Waals surface area contributed by atoms with E-state index in [-0.39, 0.29) is 0 Å². The third-order valence-electron chi connectivity index (χ3n) is 5.66. The third kappa shape index (κ3) is 4.99. The van der Waals surface area contributed by atoms with Gasteiger partial charge in [0.15, 0.2) is 11.5 Å². The molecule has 6 heteroatoms. The van der Waals surface area contributed by atoms with Crippen LogP contribution in [0.4, 0.5) is 5.82 Å². The van der Waals surface area contributed by atoms with Gasteiger partial charge in [-0.1, -0.05) is 6.07 Å². The van der Waals surface area contributed by atoms with Crippen molar-refractivity contribution in [2.24, 2.45) is 0 Å². The van der Waals surface area contributed by atoms with Crippen LogP contribution in [0.1, 0.15) is 29.7 Å². The number of pyridine rings is 1. The fourth-order valence-corrected chi connectivity index (χ4v) is 3.90. The van der Waals surface area contributed by atoms with Crippen molar-refractivity contribution in [3.8, 4) is 17.6 Å². The zero-order valence-electron chi connectivity index (χ0n) is 17.8. The molecular formula is C23H30N4O2. The number of nitriles is 1. The van der Waals surface area contributed by atoms with Crippen LogP contribution in [0.3, 0.4) is 0 Å². The molecule has 0 bridgehead atoms. The fraction of sp³-hybridized carbons (Fsp3) is 0.478. The van der Waals surface area contributed by atoms with Crippen molar-refractivity contribution < 1.29 is 9.47 Å². The minimum absolute atomic E-state index is 0.442. The minimum atomic E-state index is 0.442. The van der Waals surface area contributed by atoms with E-state index in [9.17, 15) is 5.26 Å². The first-order chi connectivity index (χ1) is 14.0. The molecule has 2 aromatic rings. The second-order valence-electron chi connectivity index (χ2n) is 7.60. The molecule has 0 amide bonds. The van der Waals surface area contributed by atoms with Crippen LogP contribution in [0, 0.1) is 18.3 Å². The molecule has 29 heavy (non-hydrogen) atoms. The van der Waals surface area contributed by atoms with Crippen LogP contribution >= 0.6 is 0 Å². The van der Waals surface area contributed by atoms with E-state index in [1.807, 2.05) is 25.1 Å². The molecule has 1 atom stereocenters. The molecule has 1 aromatic carbocycles. The summed E-state index contributed by atoms with van der Waals surface area (Å²) in [5, 5.41) is 9.46. The quantitative estimate of drug-likeness (QED) is 0.717. The highest BCUT2D eigenvalue weighted by Gasteiger charge is 2.25. The number of aryl methyl sites for hydroxylation is 1. The van der Waals surface area contributed by atoms with Crippen LogP contribution in [-0.4, -0.2) is 56.8 Å². The number of benzene rings is 1. The predicted molar refractivity (Wildman–Crippen MR) is 115 cm³/mol. The van der Waals surface area contributed by atoms with E-state index >= 15 is 0 Å². The molecule has 154 valence electrons. The monoisotopic (exact) mass is 394 g/mol. The van der Waals surface area contributed by atoms with Crippen LogP contribution in [0.2, 0.25) is 0 Å². The van der Waals surface area contributed by atoms with Gasteiger partial charge in [0.05, 0.1) is 19.8 Å². The molecule has 0 spiro atoms. The highest BCUT2D eigenvalue weighted by Crippen LogP contribution is 2.28. The Kier molecular flexibility index (Phi) is 6.95. The second kappa shape index (κ2) is 9.62. The molecule has 6 nitrogen and oxygen atoms in total. The van der Waals surface area contributed by atoms with Crippen molar-refractivity contribution in [3.05, 3.63) is 47.2 Å². The van der Waals surface area contributed by atoms with Gasteiger partial charge in [0, 0.05) is 31.4 Å². The first-order valence-electron chi connectivity index (χ1n) is 10.1. The van der Waals surface area contributed by atoms with Gasteiger partial charge in [0.25, 0.3) is 0 Å². The summed E-state index contributed by atoms with van der Waals surface area (Å²) in [5.41, 5.74) is 2.83. The lowest BCUT2D eigenvalue weighted by Gasteiger charge is -2.38. The average Bonchev–Trinajstić information content (AvgIpc) is 2.77. The molecule has 1 fully saturated rings. The Bertz CT molecular complexity index is 878. The Hall–Kier alpha value is -2.78. The Labute approximate surface area is 173 Å². The van der Waals surface area contributed by atoms with Gasteiger partial charge < -0.3 is 19.3 Å². The summed E-state index contributed by atoms with van der Waals surface area (Å²) in [6, 6.07) is 12.6. The Morgan fingerprint density at radius 2 is 2.00 bits per heavy atom. The molecule has 2 heterocycles. The third-order valence-corrected chi connectivity index (χ3v) is 5.66. The van der Waals surface area contributed by atoms with E-state index in [1.54, 1.807) is 14.2 Å². The minimum Gasteiger partial charge on any atom is -0.493 e. The van der Waals surface area contributed by atoms with Crippen LogP contribution < -0.4 is 14.4 Å². The molecular weight excluding hydrogens is 364 g/mol. The number of hydrogen-bond acceptors (Lipinski definition) is 6. The van der Waals surface area contributed by atoms with Gasteiger partial charge in [0.2, 0.25) is 0 Å². The van der Waals surface area contributed by atoms with Crippen LogP contribution in [0.15, 0.2) is 30.3 Å². The summed E-state index contributed by atoms with van der Waals surface area (Å²) >= 11 is 0. The first kappa shape index (κ1) is 20.9. The number of rotatable bonds is 7. The van der Waals surface area contributed by atoms with Gasteiger partial charge in [-0.05, 0) is 63.1 Å². The van der Waals surface area contributed by atoms with Gasteiger partial charge in [-0.3, -0.25) is 0 Å². The molecule has 3 rings (SSSR count). The number of piperidine rings is 1. The summed E-state index contributed by atoms with van der Waals surface area (Å²) in [6.07, 6.45) is 3.21. The maximum atomic E-state index is 9.46. The summed E-state index contributed by atoms with van der Waals surface area (Å²) in [7, 11) is 5.50. The summed E-state index contributed by atoms with van der Waals surface area (Å²) in [4.78, 5) is 9.34. The highest BCUT2D eigenvalue weighted by molar-refractivity contribution is 5.54. The van der Waals surface area contributed by atoms with Gasteiger partial charge in [0.1, 0.15) is 11.9 Å². The van der Waals surface area contributed by atoms with Crippen LogP contribution in [0.5, 0.6) is 11.5 Å². The van der Waals surface area contributed by atoms with E-state index in [0.717, 1.165) is 61.9 Å². The lowest BCUT2D eigenvalue weighted by atomic mass is 10.0. The largest absolute Gasteiger partial charge is 0.493 e. The van der Waals surface area contributed by atoms with Gasteiger partial charge in [-0.15, -0.1) is 0 Å². The molecule has 1 unspecified atom stereocenters. The van der Waals surface area contributed by atoms with E-state index in [1.165, 1.54) is 5.56 Å². The zero-order chi connectivity index (χ0) is 20.8.